The molecule has 24 heavy (non-hydrogen) atoms. The molecule has 1 unspecified atom stereocenters. The van der Waals surface area contributed by atoms with Crippen LogP contribution >= 0.6 is 0 Å². The van der Waals surface area contributed by atoms with E-state index in [9.17, 15) is 4.39 Å². The van der Waals surface area contributed by atoms with Crippen molar-refractivity contribution in [2.75, 3.05) is 26.9 Å². The fourth-order valence-electron chi connectivity index (χ4n) is 2.90. The fraction of sp³-hybridized carbons (Fsp3) is 0.421. The first-order valence-corrected chi connectivity index (χ1v) is 8.18. The lowest BCUT2D eigenvalue weighted by molar-refractivity contribution is 0.0351. The van der Waals surface area contributed by atoms with Crippen LogP contribution < -0.4 is 9.47 Å². The van der Waals surface area contributed by atoms with Crippen molar-refractivity contribution < 1.29 is 18.6 Å². The van der Waals surface area contributed by atoms with Crippen LogP contribution in [0.4, 0.5) is 4.39 Å². The number of hydrogen-bond donors (Lipinski definition) is 0. The Morgan fingerprint density at radius 1 is 1.29 bits per heavy atom. The predicted molar refractivity (Wildman–Crippen MR) is 90.0 cm³/mol. The Hall–Kier alpha value is -2.14. The van der Waals surface area contributed by atoms with Crippen LogP contribution in [0.5, 0.6) is 11.6 Å². The van der Waals surface area contributed by atoms with Gasteiger partial charge in [0, 0.05) is 36.4 Å². The summed E-state index contributed by atoms with van der Waals surface area (Å²) in [6.07, 6.45) is 3.84. The van der Waals surface area contributed by atoms with Crippen molar-refractivity contribution in [1.29, 1.82) is 0 Å². The van der Waals surface area contributed by atoms with Crippen LogP contribution in [-0.4, -0.2) is 31.9 Å². The first-order chi connectivity index (χ1) is 11.7. The molecule has 1 aromatic heterocycles. The monoisotopic (exact) mass is 331 g/mol. The highest BCUT2D eigenvalue weighted by Crippen LogP contribution is 2.29. The zero-order valence-corrected chi connectivity index (χ0v) is 14.0. The Labute approximate surface area is 141 Å². The Kier molecular flexibility index (Phi) is 5.30. The van der Waals surface area contributed by atoms with E-state index in [1.165, 1.54) is 12.1 Å². The molecule has 0 amide bonds. The maximum absolute atomic E-state index is 14.0. The lowest BCUT2D eigenvalue weighted by Gasteiger charge is -2.22. The summed E-state index contributed by atoms with van der Waals surface area (Å²) >= 11 is 0. The lowest BCUT2D eigenvalue weighted by atomic mass is 10.0. The summed E-state index contributed by atoms with van der Waals surface area (Å²) in [6.45, 7) is 4.03. The Morgan fingerprint density at radius 2 is 2.17 bits per heavy atom. The quantitative estimate of drug-likeness (QED) is 0.830. The summed E-state index contributed by atoms with van der Waals surface area (Å²) in [5.74, 6) is 1.12. The molecule has 0 N–H and O–H groups in total. The predicted octanol–water partition coefficient (Wildman–Crippen LogP) is 4.01. The number of halogens is 1. The summed E-state index contributed by atoms with van der Waals surface area (Å²) < 4.78 is 30.4. The van der Waals surface area contributed by atoms with Gasteiger partial charge in [0.25, 0.3) is 0 Å². The molecule has 2 heterocycles. The Balaban J connectivity index is 1.78. The number of pyridine rings is 1. The van der Waals surface area contributed by atoms with Gasteiger partial charge < -0.3 is 14.2 Å². The number of ether oxygens (including phenoxy) is 3. The molecule has 2 aromatic rings. The SMILES string of the molecule is COc1cc(C)c(-c2cc(F)cc(OCC3CCCOC3)c2)cn1. The van der Waals surface area contributed by atoms with Crippen LogP contribution in [0.1, 0.15) is 18.4 Å². The fourth-order valence-corrected chi connectivity index (χ4v) is 2.90. The average molecular weight is 331 g/mol. The molecule has 1 saturated heterocycles. The highest BCUT2D eigenvalue weighted by atomic mass is 19.1. The zero-order chi connectivity index (χ0) is 16.9. The average Bonchev–Trinajstić information content (AvgIpc) is 2.60. The number of aryl methyl sites for hydroxylation is 1. The summed E-state index contributed by atoms with van der Waals surface area (Å²) in [5.41, 5.74) is 2.58. The molecule has 0 aliphatic carbocycles. The van der Waals surface area contributed by atoms with Gasteiger partial charge in [0.05, 0.1) is 20.3 Å². The summed E-state index contributed by atoms with van der Waals surface area (Å²) in [6, 6.07) is 6.59. The zero-order valence-electron chi connectivity index (χ0n) is 14.0. The number of aromatic nitrogens is 1. The van der Waals surface area contributed by atoms with Crippen molar-refractivity contribution in [2.45, 2.75) is 19.8 Å². The highest BCUT2D eigenvalue weighted by molar-refractivity contribution is 5.68. The van der Waals surface area contributed by atoms with E-state index < -0.39 is 0 Å². The van der Waals surface area contributed by atoms with Gasteiger partial charge in [0.2, 0.25) is 5.88 Å². The Morgan fingerprint density at radius 3 is 2.88 bits per heavy atom. The van der Waals surface area contributed by atoms with E-state index in [4.69, 9.17) is 14.2 Å². The second kappa shape index (κ2) is 7.62. The third-order valence-electron chi connectivity index (χ3n) is 4.22. The van der Waals surface area contributed by atoms with E-state index >= 15 is 0 Å². The third kappa shape index (κ3) is 4.03. The number of hydrogen-bond acceptors (Lipinski definition) is 4. The number of methoxy groups -OCH3 is 1. The minimum Gasteiger partial charge on any atom is -0.493 e. The molecule has 1 aromatic carbocycles. The number of nitrogens with zero attached hydrogens (tertiary/aromatic N) is 1. The van der Waals surface area contributed by atoms with Gasteiger partial charge >= 0.3 is 0 Å². The van der Waals surface area contributed by atoms with Crippen LogP contribution in [0.3, 0.4) is 0 Å². The summed E-state index contributed by atoms with van der Waals surface area (Å²) in [5, 5.41) is 0. The van der Waals surface area contributed by atoms with Gasteiger partial charge in [0.1, 0.15) is 11.6 Å². The lowest BCUT2D eigenvalue weighted by Crippen LogP contribution is -2.23. The van der Waals surface area contributed by atoms with Crippen LogP contribution in [0.2, 0.25) is 0 Å². The summed E-state index contributed by atoms with van der Waals surface area (Å²) in [7, 11) is 1.57. The van der Waals surface area contributed by atoms with Gasteiger partial charge in [-0.3, -0.25) is 0 Å². The van der Waals surface area contributed by atoms with Crippen LogP contribution in [0.25, 0.3) is 11.1 Å². The van der Waals surface area contributed by atoms with Crippen molar-refractivity contribution in [3.63, 3.8) is 0 Å². The van der Waals surface area contributed by atoms with Crippen molar-refractivity contribution in [3.8, 4) is 22.8 Å². The van der Waals surface area contributed by atoms with Crippen molar-refractivity contribution >= 4 is 0 Å². The molecule has 1 atom stereocenters. The van der Waals surface area contributed by atoms with Gasteiger partial charge in [-0.1, -0.05) is 0 Å². The Bertz CT molecular complexity index is 699. The molecule has 5 heteroatoms. The van der Waals surface area contributed by atoms with Crippen molar-refractivity contribution in [3.05, 3.63) is 41.8 Å². The van der Waals surface area contributed by atoms with Gasteiger partial charge in [-0.25, -0.2) is 9.37 Å². The van der Waals surface area contributed by atoms with Gasteiger partial charge in [0.15, 0.2) is 0 Å². The van der Waals surface area contributed by atoms with Crippen LogP contribution in [0.15, 0.2) is 30.5 Å². The molecule has 0 saturated carbocycles. The second-order valence-corrected chi connectivity index (χ2v) is 6.11. The molecule has 0 bridgehead atoms. The smallest absolute Gasteiger partial charge is 0.213 e. The molecule has 1 fully saturated rings. The first kappa shape index (κ1) is 16.7. The normalized spacial score (nSPS) is 17.5. The van der Waals surface area contributed by atoms with E-state index in [0.717, 1.165) is 36.1 Å². The summed E-state index contributed by atoms with van der Waals surface area (Å²) in [4.78, 5) is 4.21. The van der Waals surface area contributed by atoms with Gasteiger partial charge in [-0.05, 0) is 43.0 Å². The van der Waals surface area contributed by atoms with Crippen LogP contribution in [-0.2, 0) is 4.74 Å². The maximum atomic E-state index is 14.0. The molecule has 4 nitrogen and oxygen atoms in total. The third-order valence-corrected chi connectivity index (χ3v) is 4.22. The van der Waals surface area contributed by atoms with E-state index in [-0.39, 0.29) is 5.82 Å². The molecule has 1 aliphatic rings. The van der Waals surface area contributed by atoms with E-state index in [1.54, 1.807) is 13.3 Å². The topological polar surface area (TPSA) is 40.6 Å². The highest BCUT2D eigenvalue weighted by Gasteiger charge is 2.15. The molecule has 3 rings (SSSR count). The van der Waals surface area contributed by atoms with Gasteiger partial charge in [-0.2, -0.15) is 0 Å². The van der Waals surface area contributed by atoms with E-state index in [1.807, 2.05) is 19.1 Å². The van der Waals surface area contributed by atoms with Crippen LogP contribution in [0, 0.1) is 18.7 Å². The molecule has 0 radical (unpaired) electrons. The van der Waals surface area contributed by atoms with E-state index in [2.05, 4.69) is 4.98 Å². The van der Waals surface area contributed by atoms with Crippen molar-refractivity contribution in [1.82, 2.24) is 4.98 Å². The standard InChI is InChI=1S/C19H22FNO3/c1-13-6-19(22-2)21-10-18(13)15-7-16(20)9-17(8-15)24-12-14-4-3-5-23-11-14/h6-10,14H,3-5,11-12H2,1-2H3. The molecule has 0 spiro atoms. The number of rotatable bonds is 5. The minimum atomic E-state index is -0.322. The largest absolute Gasteiger partial charge is 0.493 e. The molecular formula is C19H22FNO3. The van der Waals surface area contributed by atoms with E-state index in [0.29, 0.717) is 30.8 Å². The maximum Gasteiger partial charge on any atom is 0.213 e. The van der Waals surface area contributed by atoms with Gasteiger partial charge in [-0.15, -0.1) is 0 Å². The molecular weight excluding hydrogens is 309 g/mol. The number of benzene rings is 1. The molecule has 128 valence electrons. The van der Waals surface area contributed by atoms with Crippen molar-refractivity contribution in [2.24, 2.45) is 5.92 Å². The first-order valence-electron chi connectivity index (χ1n) is 8.18. The minimum absolute atomic E-state index is 0.322. The molecule has 1 aliphatic heterocycles. The second-order valence-electron chi connectivity index (χ2n) is 6.11.